The van der Waals surface area contributed by atoms with Crippen LogP contribution >= 0.6 is 11.6 Å². The molecule has 0 radical (unpaired) electrons. The Morgan fingerprint density at radius 3 is 2.67 bits per heavy atom. The van der Waals surface area contributed by atoms with E-state index in [1.165, 1.54) is 16.8 Å². The van der Waals surface area contributed by atoms with Crippen molar-refractivity contribution in [2.75, 3.05) is 5.32 Å². The van der Waals surface area contributed by atoms with Crippen molar-refractivity contribution >= 4 is 23.3 Å². The number of amides is 1. The monoisotopic (exact) mass is 347 g/mol. The molecule has 0 aliphatic rings. The second-order valence-electron chi connectivity index (χ2n) is 5.41. The van der Waals surface area contributed by atoms with Gasteiger partial charge >= 0.3 is 0 Å². The van der Waals surface area contributed by atoms with Crippen molar-refractivity contribution in [3.63, 3.8) is 0 Å². The summed E-state index contributed by atoms with van der Waals surface area (Å²) in [5.41, 5.74) is 1.85. The van der Waals surface area contributed by atoms with Gasteiger partial charge in [0.05, 0.1) is 12.7 Å². The Hall–Kier alpha value is -2.67. The summed E-state index contributed by atoms with van der Waals surface area (Å²) in [6.07, 6.45) is 5.06. The van der Waals surface area contributed by atoms with Gasteiger partial charge in [-0.15, -0.1) is 0 Å². The second kappa shape index (κ2) is 6.84. The lowest BCUT2D eigenvalue weighted by molar-refractivity contribution is -0.116. The van der Waals surface area contributed by atoms with Crippen LogP contribution in [0.4, 0.5) is 10.2 Å². The molecule has 3 aromatic rings. The summed E-state index contributed by atoms with van der Waals surface area (Å²) in [5.74, 6) is -0.279. The average Bonchev–Trinajstić information content (AvgIpc) is 3.08. The van der Waals surface area contributed by atoms with Crippen LogP contribution in [-0.4, -0.2) is 25.5 Å². The number of nitrogens with zero attached hydrogens (tertiary/aromatic N) is 4. The van der Waals surface area contributed by atoms with Gasteiger partial charge in [0.15, 0.2) is 5.82 Å². The fourth-order valence-electron chi connectivity index (χ4n) is 2.21. The molecule has 0 unspecified atom stereocenters. The summed E-state index contributed by atoms with van der Waals surface area (Å²) >= 11 is 6.11. The molecule has 8 heteroatoms. The zero-order valence-electron chi connectivity index (χ0n) is 12.9. The van der Waals surface area contributed by atoms with E-state index in [0.29, 0.717) is 11.6 Å². The maximum atomic E-state index is 12.9. The highest BCUT2D eigenvalue weighted by atomic mass is 35.5. The van der Waals surface area contributed by atoms with Crippen molar-refractivity contribution in [1.29, 1.82) is 0 Å². The molecule has 6 nitrogen and oxygen atoms in total. The van der Waals surface area contributed by atoms with Crippen LogP contribution in [0.3, 0.4) is 0 Å². The summed E-state index contributed by atoms with van der Waals surface area (Å²) in [4.78, 5) is 12.0. The van der Waals surface area contributed by atoms with Crippen LogP contribution < -0.4 is 5.32 Å². The molecule has 2 aromatic heterocycles. The third-order valence-electron chi connectivity index (χ3n) is 3.30. The van der Waals surface area contributed by atoms with Gasteiger partial charge in [-0.2, -0.15) is 10.2 Å². The van der Waals surface area contributed by atoms with Crippen molar-refractivity contribution in [3.8, 4) is 0 Å². The number of anilines is 1. The standard InChI is InChI=1S/C16H15ClFN5O/c1-11-6-19-22(7-11)10-15(24)20-16-14(17)9-23(21-16)8-12-2-4-13(18)5-3-12/h2-7,9H,8,10H2,1H3,(H,20,21,24). The Labute approximate surface area is 142 Å². The molecule has 0 atom stereocenters. The van der Waals surface area contributed by atoms with Crippen molar-refractivity contribution in [2.24, 2.45) is 0 Å². The summed E-state index contributed by atoms with van der Waals surface area (Å²) in [5, 5.41) is 11.3. The first-order valence-corrected chi connectivity index (χ1v) is 7.64. The third-order valence-corrected chi connectivity index (χ3v) is 3.58. The Balaban J connectivity index is 1.65. The first-order chi connectivity index (χ1) is 11.5. The highest BCUT2D eigenvalue weighted by molar-refractivity contribution is 6.33. The Morgan fingerprint density at radius 2 is 2.00 bits per heavy atom. The molecule has 0 saturated carbocycles. The minimum absolute atomic E-state index is 0.0784. The fourth-order valence-corrected chi connectivity index (χ4v) is 2.41. The lowest BCUT2D eigenvalue weighted by Crippen LogP contribution is -2.19. The van der Waals surface area contributed by atoms with Gasteiger partial charge in [-0.25, -0.2) is 4.39 Å². The number of hydrogen-bond acceptors (Lipinski definition) is 3. The minimum Gasteiger partial charge on any atom is -0.306 e. The van der Waals surface area contributed by atoms with Crippen molar-refractivity contribution in [2.45, 2.75) is 20.0 Å². The first-order valence-electron chi connectivity index (χ1n) is 7.26. The Morgan fingerprint density at radius 1 is 1.25 bits per heavy atom. The number of halogens is 2. The number of aryl methyl sites for hydroxylation is 1. The highest BCUT2D eigenvalue weighted by Gasteiger charge is 2.12. The van der Waals surface area contributed by atoms with E-state index < -0.39 is 0 Å². The zero-order valence-corrected chi connectivity index (χ0v) is 13.7. The van der Waals surface area contributed by atoms with Gasteiger partial charge in [-0.05, 0) is 30.2 Å². The van der Waals surface area contributed by atoms with E-state index in [0.717, 1.165) is 11.1 Å². The van der Waals surface area contributed by atoms with Gasteiger partial charge in [0, 0.05) is 12.4 Å². The van der Waals surface area contributed by atoms with Gasteiger partial charge in [0.25, 0.3) is 0 Å². The predicted octanol–water partition coefficient (Wildman–Crippen LogP) is 2.87. The van der Waals surface area contributed by atoms with Gasteiger partial charge in [-0.1, -0.05) is 23.7 Å². The quantitative estimate of drug-likeness (QED) is 0.771. The van der Waals surface area contributed by atoms with Gasteiger partial charge in [-0.3, -0.25) is 14.2 Å². The van der Waals surface area contributed by atoms with E-state index in [1.54, 1.807) is 35.4 Å². The molecule has 0 fully saturated rings. The number of rotatable bonds is 5. The van der Waals surface area contributed by atoms with Crippen LogP contribution in [0.5, 0.6) is 0 Å². The molecule has 124 valence electrons. The molecular weight excluding hydrogens is 333 g/mol. The number of hydrogen-bond donors (Lipinski definition) is 1. The number of benzene rings is 1. The maximum absolute atomic E-state index is 12.9. The molecule has 1 aromatic carbocycles. The fraction of sp³-hybridized carbons (Fsp3) is 0.188. The molecule has 0 saturated heterocycles. The molecule has 2 heterocycles. The Bertz CT molecular complexity index is 856. The van der Waals surface area contributed by atoms with E-state index in [4.69, 9.17) is 11.6 Å². The largest absolute Gasteiger partial charge is 0.306 e. The summed E-state index contributed by atoms with van der Waals surface area (Å²) in [6, 6.07) is 6.11. The van der Waals surface area contributed by atoms with Crippen LogP contribution in [0, 0.1) is 12.7 Å². The van der Waals surface area contributed by atoms with E-state index in [-0.39, 0.29) is 24.1 Å². The normalized spacial score (nSPS) is 10.8. The van der Waals surface area contributed by atoms with Gasteiger partial charge in [0.1, 0.15) is 17.4 Å². The number of carbonyl (C=O) groups is 1. The summed E-state index contributed by atoms with van der Waals surface area (Å²) < 4.78 is 16.0. The molecular formula is C16H15ClFN5O. The number of nitrogens with one attached hydrogen (secondary N) is 1. The minimum atomic E-state index is -0.293. The first kappa shape index (κ1) is 16.2. The molecule has 0 spiro atoms. The summed E-state index contributed by atoms with van der Waals surface area (Å²) in [7, 11) is 0. The molecule has 1 amide bonds. The lowest BCUT2D eigenvalue weighted by Gasteiger charge is -2.03. The molecule has 0 aliphatic carbocycles. The number of carbonyl (C=O) groups excluding carboxylic acids is 1. The van der Waals surface area contributed by atoms with Crippen molar-refractivity contribution < 1.29 is 9.18 Å². The highest BCUT2D eigenvalue weighted by Crippen LogP contribution is 2.20. The molecule has 0 aliphatic heterocycles. The van der Waals surface area contributed by atoms with Crippen LogP contribution in [0.25, 0.3) is 0 Å². The topological polar surface area (TPSA) is 64.7 Å². The second-order valence-corrected chi connectivity index (χ2v) is 5.82. The number of aromatic nitrogens is 4. The molecule has 1 N–H and O–H groups in total. The maximum Gasteiger partial charge on any atom is 0.247 e. The van der Waals surface area contributed by atoms with E-state index >= 15 is 0 Å². The molecule has 24 heavy (non-hydrogen) atoms. The molecule has 3 rings (SSSR count). The van der Waals surface area contributed by atoms with Gasteiger partial charge in [0.2, 0.25) is 5.91 Å². The van der Waals surface area contributed by atoms with E-state index in [2.05, 4.69) is 15.5 Å². The smallest absolute Gasteiger partial charge is 0.247 e. The zero-order chi connectivity index (χ0) is 17.1. The van der Waals surface area contributed by atoms with Crippen LogP contribution in [0.1, 0.15) is 11.1 Å². The Kier molecular flexibility index (Phi) is 4.61. The van der Waals surface area contributed by atoms with Gasteiger partial charge < -0.3 is 5.32 Å². The van der Waals surface area contributed by atoms with E-state index in [1.807, 2.05) is 6.92 Å². The SMILES string of the molecule is Cc1cnn(CC(=O)Nc2nn(Cc3ccc(F)cc3)cc2Cl)c1. The molecule has 0 bridgehead atoms. The van der Waals surface area contributed by atoms with Crippen LogP contribution in [0.2, 0.25) is 5.02 Å². The van der Waals surface area contributed by atoms with Crippen molar-refractivity contribution in [3.05, 3.63) is 64.8 Å². The van der Waals surface area contributed by atoms with E-state index in [9.17, 15) is 9.18 Å². The van der Waals surface area contributed by atoms with Crippen molar-refractivity contribution in [1.82, 2.24) is 19.6 Å². The van der Waals surface area contributed by atoms with Crippen LogP contribution in [-0.2, 0) is 17.9 Å². The summed E-state index contributed by atoms with van der Waals surface area (Å²) in [6.45, 7) is 2.40. The lowest BCUT2D eigenvalue weighted by atomic mass is 10.2. The van der Waals surface area contributed by atoms with Crippen LogP contribution in [0.15, 0.2) is 42.9 Å². The third kappa shape index (κ3) is 3.99. The average molecular weight is 348 g/mol. The predicted molar refractivity (Wildman–Crippen MR) is 88.3 cm³/mol.